The zero-order valence-electron chi connectivity index (χ0n) is 16.4. The number of carbonyl (C=O) groups is 1. The summed E-state index contributed by atoms with van der Waals surface area (Å²) in [6, 6.07) is 7.71. The maximum absolute atomic E-state index is 12.5. The number of esters is 1. The fourth-order valence-electron chi connectivity index (χ4n) is 2.84. The number of thiophene rings is 1. The highest BCUT2D eigenvalue weighted by molar-refractivity contribution is 7.92. The molecule has 0 aliphatic rings. The fraction of sp³-hybridized carbons (Fsp3) is 0.105. The Morgan fingerprint density at radius 3 is 2.45 bits per heavy atom. The fourth-order valence-corrected chi connectivity index (χ4v) is 4.86. The Balaban J connectivity index is 1.60. The number of fused-ring (bicyclic) bond motifs is 1. The summed E-state index contributed by atoms with van der Waals surface area (Å²) in [7, 11) is -2.51. The van der Waals surface area contributed by atoms with Crippen LogP contribution in [0.4, 0.5) is 17.5 Å². The number of hydrogen-bond acceptors (Lipinski definition) is 10. The van der Waals surface area contributed by atoms with Crippen molar-refractivity contribution in [2.75, 3.05) is 17.1 Å². The molecule has 12 heteroatoms. The van der Waals surface area contributed by atoms with Crippen LogP contribution in [-0.2, 0) is 14.8 Å². The maximum atomic E-state index is 12.5. The van der Waals surface area contributed by atoms with Gasteiger partial charge in [0.05, 0.1) is 17.4 Å². The van der Waals surface area contributed by atoms with Gasteiger partial charge in [-0.05, 0) is 42.8 Å². The minimum absolute atomic E-state index is 0.0116. The summed E-state index contributed by atoms with van der Waals surface area (Å²) in [5, 5.41) is 3.85. The number of benzene rings is 1. The topological polar surface area (TPSA) is 136 Å². The second-order valence-electron chi connectivity index (χ2n) is 6.28. The van der Waals surface area contributed by atoms with Crippen LogP contribution in [0.25, 0.3) is 10.2 Å². The number of anilines is 3. The molecule has 4 aromatic rings. The first-order valence-corrected chi connectivity index (χ1v) is 11.2. The Bertz CT molecular complexity index is 1360. The summed E-state index contributed by atoms with van der Waals surface area (Å²) in [5.41, 5.74) is 1.32. The van der Waals surface area contributed by atoms with Crippen LogP contribution in [0, 0.1) is 6.92 Å². The molecule has 3 aromatic heterocycles. The van der Waals surface area contributed by atoms with E-state index in [9.17, 15) is 13.2 Å². The third-order valence-electron chi connectivity index (χ3n) is 4.32. The van der Waals surface area contributed by atoms with Gasteiger partial charge in [-0.25, -0.2) is 37.9 Å². The smallest absolute Gasteiger partial charge is 0.348 e. The number of rotatable bonds is 6. The third-order valence-corrected chi connectivity index (χ3v) is 6.84. The van der Waals surface area contributed by atoms with Gasteiger partial charge in [-0.1, -0.05) is 0 Å². The van der Waals surface area contributed by atoms with Crippen molar-refractivity contribution in [1.29, 1.82) is 0 Å². The lowest BCUT2D eigenvalue weighted by Crippen LogP contribution is -2.14. The normalized spacial score (nSPS) is 11.3. The highest BCUT2D eigenvalue weighted by Crippen LogP contribution is 2.34. The number of nitrogens with one attached hydrogen (secondary N) is 2. The number of aromatic nitrogens is 4. The summed E-state index contributed by atoms with van der Waals surface area (Å²) in [4.78, 5) is 29.4. The van der Waals surface area contributed by atoms with Crippen LogP contribution in [0.5, 0.6) is 0 Å². The molecule has 0 saturated carbocycles. The number of carbonyl (C=O) groups excluding carboxylic acids is 1. The van der Waals surface area contributed by atoms with Gasteiger partial charge in [-0.3, -0.25) is 0 Å². The zero-order valence-corrected chi connectivity index (χ0v) is 18.0. The summed E-state index contributed by atoms with van der Waals surface area (Å²) in [5.74, 6) is 0.0543. The van der Waals surface area contributed by atoms with E-state index in [4.69, 9.17) is 4.74 Å². The molecular weight excluding hydrogens is 440 g/mol. The largest absolute Gasteiger partial charge is 0.465 e. The molecule has 0 saturated heterocycles. The van der Waals surface area contributed by atoms with E-state index in [2.05, 4.69) is 30.0 Å². The predicted molar refractivity (Wildman–Crippen MR) is 116 cm³/mol. The number of hydrogen-bond donors (Lipinski definition) is 2. The molecule has 1 aromatic carbocycles. The predicted octanol–water partition coefficient (Wildman–Crippen LogP) is 3.12. The van der Waals surface area contributed by atoms with E-state index in [-0.39, 0.29) is 10.8 Å². The van der Waals surface area contributed by atoms with E-state index < -0.39 is 16.0 Å². The Morgan fingerprint density at radius 1 is 1.06 bits per heavy atom. The molecule has 10 nitrogen and oxygen atoms in total. The van der Waals surface area contributed by atoms with Crippen molar-refractivity contribution in [3.8, 4) is 0 Å². The van der Waals surface area contributed by atoms with E-state index in [1.807, 2.05) is 0 Å². The zero-order chi connectivity index (χ0) is 22.0. The van der Waals surface area contributed by atoms with Crippen LogP contribution >= 0.6 is 11.3 Å². The standard InChI is InChI=1S/C19H16N6O4S2/c1-11-14-16(22-10-23-17(14)30-15(11)18(26)29-2)24-12-4-6-13(7-5-12)31(27,28)25-19-20-8-3-9-21-19/h3-10H,1-2H3,(H,20,21,25)(H,22,23,24). The van der Waals surface area contributed by atoms with Gasteiger partial charge in [0.1, 0.15) is 21.9 Å². The van der Waals surface area contributed by atoms with Crippen molar-refractivity contribution >= 4 is 55.0 Å². The highest BCUT2D eigenvalue weighted by Gasteiger charge is 2.20. The third kappa shape index (κ3) is 4.15. The lowest BCUT2D eigenvalue weighted by Gasteiger charge is -2.09. The Labute approximate surface area is 181 Å². The second kappa shape index (κ2) is 8.24. The van der Waals surface area contributed by atoms with Crippen LogP contribution in [-0.4, -0.2) is 41.4 Å². The van der Waals surface area contributed by atoms with Gasteiger partial charge in [0.15, 0.2) is 0 Å². The first-order valence-electron chi connectivity index (χ1n) is 8.88. The average molecular weight is 457 g/mol. The van der Waals surface area contributed by atoms with Crippen molar-refractivity contribution in [2.24, 2.45) is 0 Å². The number of methoxy groups -OCH3 is 1. The summed E-state index contributed by atoms with van der Waals surface area (Å²) >= 11 is 1.22. The van der Waals surface area contributed by atoms with Crippen molar-refractivity contribution in [3.63, 3.8) is 0 Å². The van der Waals surface area contributed by atoms with Gasteiger partial charge in [0.2, 0.25) is 5.95 Å². The molecule has 0 fully saturated rings. The van der Waals surface area contributed by atoms with Crippen LogP contribution in [0.2, 0.25) is 0 Å². The molecule has 3 heterocycles. The molecule has 0 amide bonds. The van der Waals surface area contributed by atoms with Crippen LogP contribution in [0.1, 0.15) is 15.2 Å². The lowest BCUT2D eigenvalue weighted by molar-refractivity contribution is 0.0605. The number of aryl methyl sites for hydroxylation is 1. The number of nitrogens with zero attached hydrogens (tertiary/aromatic N) is 4. The summed E-state index contributed by atoms with van der Waals surface area (Å²) in [6.07, 6.45) is 4.28. The second-order valence-corrected chi connectivity index (χ2v) is 8.96. The SMILES string of the molecule is COC(=O)c1sc2ncnc(Nc3ccc(S(=O)(=O)Nc4ncccn4)cc3)c2c1C. The molecule has 0 aliphatic heterocycles. The Hall–Kier alpha value is -3.64. The van der Waals surface area contributed by atoms with E-state index in [0.29, 0.717) is 32.2 Å². The summed E-state index contributed by atoms with van der Waals surface area (Å²) < 4.78 is 32.2. The number of sulfonamides is 1. The van der Waals surface area contributed by atoms with Gasteiger partial charge in [0.25, 0.3) is 10.0 Å². The molecular formula is C19H16N6O4S2. The quantitative estimate of drug-likeness (QED) is 0.419. The van der Waals surface area contributed by atoms with Crippen LogP contribution in [0.15, 0.2) is 53.9 Å². The van der Waals surface area contributed by atoms with Gasteiger partial charge in [-0.15, -0.1) is 11.3 Å². The molecule has 0 bridgehead atoms. The molecule has 2 N–H and O–H groups in total. The summed E-state index contributed by atoms with van der Waals surface area (Å²) in [6.45, 7) is 1.80. The maximum Gasteiger partial charge on any atom is 0.348 e. The van der Waals surface area contributed by atoms with Crippen molar-refractivity contribution in [1.82, 2.24) is 19.9 Å². The van der Waals surface area contributed by atoms with E-state index in [1.165, 1.54) is 49.3 Å². The lowest BCUT2D eigenvalue weighted by atomic mass is 10.2. The molecule has 0 radical (unpaired) electrons. The molecule has 158 valence electrons. The average Bonchev–Trinajstić information content (AvgIpc) is 3.11. The molecule has 0 aliphatic carbocycles. The molecule has 31 heavy (non-hydrogen) atoms. The van der Waals surface area contributed by atoms with E-state index in [0.717, 1.165) is 0 Å². The minimum Gasteiger partial charge on any atom is -0.465 e. The van der Waals surface area contributed by atoms with E-state index >= 15 is 0 Å². The molecule has 0 spiro atoms. The molecule has 4 rings (SSSR count). The first-order chi connectivity index (χ1) is 14.9. The minimum atomic E-state index is -3.83. The van der Waals surface area contributed by atoms with Crippen LogP contribution in [0.3, 0.4) is 0 Å². The molecule has 0 atom stereocenters. The van der Waals surface area contributed by atoms with Gasteiger partial charge in [0, 0.05) is 18.1 Å². The number of ether oxygens (including phenoxy) is 1. The van der Waals surface area contributed by atoms with Gasteiger partial charge in [-0.2, -0.15) is 0 Å². The monoisotopic (exact) mass is 456 g/mol. The molecule has 0 unspecified atom stereocenters. The van der Waals surface area contributed by atoms with Crippen molar-refractivity contribution in [3.05, 3.63) is 59.5 Å². The Morgan fingerprint density at radius 2 is 1.77 bits per heavy atom. The van der Waals surface area contributed by atoms with E-state index in [1.54, 1.807) is 25.1 Å². The Kier molecular flexibility index (Phi) is 5.48. The van der Waals surface area contributed by atoms with Crippen LogP contribution < -0.4 is 10.0 Å². The van der Waals surface area contributed by atoms with Gasteiger partial charge >= 0.3 is 5.97 Å². The van der Waals surface area contributed by atoms with Crippen molar-refractivity contribution in [2.45, 2.75) is 11.8 Å². The highest BCUT2D eigenvalue weighted by atomic mass is 32.2. The van der Waals surface area contributed by atoms with Crippen molar-refractivity contribution < 1.29 is 17.9 Å². The first kappa shape index (κ1) is 20.6. The van der Waals surface area contributed by atoms with Gasteiger partial charge < -0.3 is 10.1 Å².